The molecule has 0 nitrogen and oxygen atoms in total. The second-order valence-corrected chi connectivity index (χ2v) is 4.20. The molecular formula is C10H13S. The molecule has 1 saturated carbocycles. The SMILES string of the molecule is [c]1ccc(C2CCCCC2)s1. The second kappa shape index (κ2) is 3.40. The van der Waals surface area contributed by atoms with E-state index in [2.05, 4.69) is 17.5 Å². The molecule has 0 aromatic carbocycles. The normalized spacial score (nSPS) is 20.4. The van der Waals surface area contributed by atoms with E-state index in [0.29, 0.717) is 0 Å². The van der Waals surface area contributed by atoms with E-state index in [-0.39, 0.29) is 0 Å². The zero-order valence-electron chi connectivity index (χ0n) is 6.68. The van der Waals surface area contributed by atoms with Crippen LogP contribution in [0.15, 0.2) is 12.1 Å². The quantitative estimate of drug-likeness (QED) is 0.596. The van der Waals surface area contributed by atoms with Gasteiger partial charge in [0.05, 0.1) is 0 Å². The molecule has 1 fully saturated rings. The Kier molecular flexibility index (Phi) is 2.27. The Hall–Kier alpha value is -0.300. The Morgan fingerprint density at radius 2 is 2.09 bits per heavy atom. The molecule has 0 aliphatic heterocycles. The van der Waals surface area contributed by atoms with Crippen molar-refractivity contribution in [2.75, 3.05) is 0 Å². The number of hydrogen-bond acceptors (Lipinski definition) is 1. The van der Waals surface area contributed by atoms with Crippen molar-refractivity contribution in [1.82, 2.24) is 0 Å². The summed E-state index contributed by atoms with van der Waals surface area (Å²) in [5.41, 5.74) is 0. The van der Waals surface area contributed by atoms with Crippen LogP contribution in [0.5, 0.6) is 0 Å². The molecule has 1 heteroatoms. The molecule has 1 aromatic rings. The van der Waals surface area contributed by atoms with Gasteiger partial charge in [-0.05, 0) is 30.9 Å². The van der Waals surface area contributed by atoms with Crippen molar-refractivity contribution in [2.24, 2.45) is 0 Å². The highest BCUT2D eigenvalue weighted by Crippen LogP contribution is 2.34. The van der Waals surface area contributed by atoms with Crippen molar-refractivity contribution < 1.29 is 0 Å². The maximum absolute atomic E-state index is 3.17. The highest BCUT2D eigenvalue weighted by atomic mass is 32.1. The Labute approximate surface area is 72.3 Å². The summed E-state index contributed by atoms with van der Waals surface area (Å²) in [5.74, 6) is 0.875. The minimum absolute atomic E-state index is 0.875. The standard InChI is InChI=1S/C10H13S/c1-2-5-9(6-3-1)10-7-4-8-11-10/h4,7,9H,1-3,5-6H2. The summed E-state index contributed by atoms with van der Waals surface area (Å²) in [4.78, 5) is 1.56. The third kappa shape index (κ3) is 1.64. The zero-order chi connectivity index (χ0) is 7.52. The summed E-state index contributed by atoms with van der Waals surface area (Å²) in [7, 11) is 0. The van der Waals surface area contributed by atoms with Crippen LogP contribution < -0.4 is 0 Å². The van der Waals surface area contributed by atoms with Crippen LogP contribution in [0.25, 0.3) is 0 Å². The lowest BCUT2D eigenvalue weighted by Gasteiger charge is -2.19. The predicted octanol–water partition coefficient (Wildman–Crippen LogP) is 3.60. The second-order valence-electron chi connectivity index (χ2n) is 3.29. The monoisotopic (exact) mass is 165 g/mol. The van der Waals surface area contributed by atoms with Crippen LogP contribution in [-0.2, 0) is 0 Å². The van der Waals surface area contributed by atoms with Crippen molar-refractivity contribution in [3.05, 3.63) is 22.4 Å². The molecule has 1 radical (unpaired) electrons. The largest absolute Gasteiger partial charge is 0.139 e. The zero-order valence-corrected chi connectivity index (χ0v) is 7.49. The van der Waals surface area contributed by atoms with Crippen LogP contribution in [0, 0.1) is 5.38 Å². The third-order valence-corrected chi connectivity index (χ3v) is 3.46. The smallest absolute Gasteiger partial charge is 0.0445 e. The van der Waals surface area contributed by atoms with E-state index in [1.807, 2.05) is 0 Å². The van der Waals surface area contributed by atoms with Gasteiger partial charge in [-0.25, -0.2) is 0 Å². The number of rotatable bonds is 1. The molecule has 11 heavy (non-hydrogen) atoms. The lowest BCUT2D eigenvalue weighted by atomic mass is 9.88. The minimum atomic E-state index is 0.875. The molecule has 0 amide bonds. The fourth-order valence-corrected chi connectivity index (χ4v) is 2.67. The predicted molar refractivity (Wildman–Crippen MR) is 49.0 cm³/mol. The summed E-state index contributed by atoms with van der Waals surface area (Å²) in [6.45, 7) is 0. The first-order chi connectivity index (χ1) is 5.47. The third-order valence-electron chi connectivity index (χ3n) is 2.50. The van der Waals surface area contributed by atoms with E-state index in [4.69, 9.17) is 0 Å². The van der Waals surface area contributed by atoms with Gasteiger partial charge in [0.2, 0.25) is 0 Å². The molecule has 1 aromatic heterocycles. The summed E-state index contributed by atoms with van der Waals surface area (Å²) in [6.07, 6.45) is 7.14. The van der Waals surface area contributed by atoms with Gasteiger partial charge in [0.1, 0.15) is 0 Å². The topological polar surface area (TPSA) is 0 Å². The average molecular weight is 165 g/mol. The lowest BCUT2D eigenvalue weighted by Crippen LogP contribution is -2.01. The van der Waals surface area contributed by atoms with Crippen LogP contribution in [0.2, 0.25) is 0 Å². The summed E-state index contributed by atoms with van der Waals surface area (Å²) in [6, 6.07) is 4.29. The molecule has 0 atom stereocenters. The van der Waals surface area contributed by atoms with Gasteiger partial charge < -0.3 is 0 Å². The summed E-state index contributed by atoms with van der Waals surface area (Å²) in [5, 5.41) is 3.17. The van der Waals surface area contributed by atoms with Crippen LogP contribution in [-0.4, -0.2) is 0 Å². The highest BCUT2D eigenvalue weighted by molar-refractivity contribution is 7.09. The molecule has 1 aliphatic rings. The average Bonchev–Trinajstić information content (AvgIpc) is 2.58. The fraction of sp³-hybridized carbons (Fsp3) is 0.600. The van der Waals surface area contributed by atoms with Crippen LogP contribution in [0.3, 0.4) is 0 Å². The van der Waals surface area contributed by atoms with Crippen LogP contribution >= 0.6 is 11.3 Å². The van der Waals surface area contributed by atoms with E-state index >= 15 is 0 Å². The van der Waals surface area contributed by atoms with Crippen molar-refractivity contribution in [2.45, 2.75) is 38.0 Å². The van der Waals surface area contributed by atoms with E-state index in [1.54, 1.807) is 16.2 Å². The Bertz CT molecular complexity index is 195. The van der Waals surface area contributed by atoms with E-state index in [9.17, 15) is 0 Å². The van der Waals surface area contributed by atoms with Gasteiger partial charge in [0.15, 0.2) is 0 Å². The molecule has 0 spiro atoms. The molecular weight excluding hydrogens is 152 g/mol. The summed E-state index contributed by atoms with van der Waals surface area (Å²) >= 11 is 1.80. The van der Waals surface area contributed by atoms with Gasteiger partial charge in [-0.1, -0.05) is 19.3 Å². The van der Waals surface area contributed by atoms with Crippen LogP contribution in [0.4, 0.5) is 0 Å². The molecule has 59 valence electrons. The molecule has 0 N–H and O–H groups in total. The first kappa shape index (κ1) is 7.35. The van der Waals surface area contributed by atoms with Gasteiger partial charge in [-0.3, -0.25) is 0 Å². The molecule has 0 bridgehead atoms. The highest BCUT2D eigenvalue weighted by Gasteiger charge is 2.15. The molecule has 1 aliphatic carbocycles. The van der Waals surface area contributed by atoms with Crippen molar-refractivity contribution in [3.8, 4) is 0 Å². The molecule has 0 unspecified atom stereocenters. The van der Waals surface area contributed by atoms with E-state index < -0.39 is 0 Å². The Morgan fingerprint density at radius 1 is 1.27 bits per heavy atom. The first-order valence-corrected chi connectivity index (χ1v) is 5.24. The maximum Gasteiger partial charge on any atom is 0.0445 e. The molecule has 2 rings (SSSR count). The van der Waals surface area contributed by atoms with Crippen molar-refractivity contribution >= 4 is 11.3 Å². The fourth-order valence-electron chi connectivity index (χ4n) is 1.86. The van der Waals surface area contributed by atoms with Gasteiger partial charge in [-0.2, -0.15) is 0 Å². The van der Waals surface area contributed by atoms with Gasteiger partial charge in [0.25, 0.3) is 0 Å². The van der Waals surface area contributed by atoms with Crippen molar-refractivity contribution in [1.29, 1.82) is 0 Å². The van der Waals surface area contributed by atoms with Crippen molar-refractivity contribution in [3.63, 3.8) is 0 Å². The van der Waals surface area contributed by atoms with Gasteiger partial charge in [0, 0.05) is 10.3 Å². The lowest BCUT2D eigenvalue weighted by molar-refractivity contribution is 0.448. The van der Waals surface area contributed by atoms with Gasteiger partial charge >= 0.3 is 0 Å². The van der Waals surface area contributed by atoms with Gasteiger partial charge in [-0.15, -0.1) is 11.3 Å². The summed E-state index contributed by atoms with van der Waals surface area (Å²) < 4.78 is 0. The Balaban J connectivity index is 2.04. The van der Waals surface area contributed by atoms with Crippen LogP contribution in [0.1, 0.15) is 42.9 Å². The van der Waals surface area contributed by atoms with E-state index in [1.165, 1.54) is 32.1 Å². The molecule has 0 saturated heterocycles. The maximum atomic E-state index is 3.17. The number of thiophene rings is 1. The minimum Gasteiger partial charge on any atom is -0.139 e. The Morgan fingerprint density at radius 3 is 2.73 bits per heavy atom. The molecule has 1 heterocycles. The van der Waals surface area contributed by atoms with E-state index in [0.717, 1.165) is 5.92 Å². The first-order valence-electron chi connectivity index (χ1n) is 4.42. The number of hydrogen-bond donors (Lipinski definition) is 0.